The SMILES string of the molecule is COCCNC(=NCC(=O)N(C)C)NCC1(CCOC)CCC1.I. The van der Waals surface area contributed by atoms with Crippen LogP contribution in [0.15, 0.2) is 4.99 Å². The smallest absolute Gasteiger partial charge is 0.243 e. The second kappa shape index (κ2) is 12.7. The van der Waals surface area contributed by atoms with Crippen LogP contribution in [0, 0.1) is 5.41 Å². The summed E-state index contributed by atoms with van der Waals surface area (Å²) in [6, 6.07) is 0. The molecule has 1 aliphatic rings. The predicted molar refractivity (Wildman–Crippen MR) is 107 cm³/mol. The maximum absolute atomic E-state index is 11.7. The van der Waals surface area contributed by atoms with Crippen molar-refractivity contribution in [3.8, 4) is 0 Å². The third-order valence-corrected chi connectivity index (χ3v) is 4.35. The van der Waals surface area contributed by atoms with Crippen LogP contribution in [-0.2, 0) is 14.3 Å². The lowest BCUT2D eigenvalue weighted by Crippen LogP contribution is -2.47. The number of rotatable bonds is 10. The van der Waals surface area contributed by atoms with Crippen molar-refractivity contribution < 1.29 is 14.3 Å². The molecule has 24 heavy (non-hydrogen) atoms. The van der Waals surface area contributed by atoms with Gasteiger partial charge in [-0.15, -0.1) is 24.0 Å². The molecule has 0 spiro atoms. The first-order valence-electron chi connectivity index (χ1n) is 8.23. The van der Waals surface area contributed by atoms with Crippen LogP contribution < -0.4 is 10.6 Å². The van der Waals surface area contributed by atoms with Gasteiger partial charge in [0, 0.05) is 48.0 Å². The number of carbonyl (C=O) groups excluding carboxylic acids is 1. The van der Waals surface area contributed by atoms with Gasteiger partial charge in [-0.1, -0.05) is 6.42 Å². The largest absolute Gasteiger partial charge is 0.385 e. The van der Waals surface area contributed by atoms with Crippen LogP contribution in [0.1, 0.15) is 25.7 Å². The van der Waals surface area contributed by atoms with Gasteiger partial charge >= 0.3 is 0 Å². The Balaban J connectivity index is 0.00000529. The van der Waals surface area contributed by atoms with Crippen LogP contribution in [0.2, 0.25) is 0 Å². The topological polar surface area (TPSA) is 75.2 Å². The van der Waals surface area contributed by atoms with Crippen LogP contribution >= 0.6 is 24.0 Å². The van der Waals surface area contributed by atoms with E-state index in [1.165, 1.54) is 19.3 Å². The van der Waals surface area contributed by atoms with Crippen molar-refractivity contribution in [1.82, 2.24) is 15.5 Å². The van der Waals surface area contributed by atoms with Crippen LogP contribution in [0.3, 0.4) is 0 Å². The van der Waals surface area contributed by atoms with Gasteiger partial charge in [0.25, 0.3) is 0 Å². The first-order chi connectivity index (χ1) is 11.0. The van der Waals surface area contributed by atoms with E-state index in [0.717, 1.165) is 19.6 Å². The number of halogens is 1. The van der Waals surface area contributed by atoms with E-state index in [0.29, 0.717) is 24.5 Å². The highest BCUT2D eigenvalue weighted by atomic mass is 127. The Labute approximate surface area is 162 Å². The second-order valence-corrected chi connectivity index (χ2v) is 6.32. The summed E-state index contributed by atoms with van der Waals surface area (Å²) >= 11 is 0. The molecule has 0 aromatic rings. The molecule has 0 aromatic carbocycles. The van der Waals surface area contributed by atoms with Crippen molar-refractivity contribution in [2.45, 2.75) is 25.7 Å². The number of nitrogens with one attached hydrogen (secondary N) is 2. The molecular weight excluding hydrogens is 423 g/mol. The van der Waals surface area contributed by atoms with Crippen LogP contribution in [0.5, 0.6) is 0 Å². The number of hydrogen-bond donors (Lipinski definition) is 2. The summed E-state index contributed by atoms with van der Waals surface area (Å²) in [7, 11) is 6.87. The fourth-order valence-electron chi connectivity index (χ4n) is 2.52. The van der Waals surface area contributed by atoms with Gasteiger partial charge in [-0.05, 0) is 24.7 Å². The number of amides is 1. The molecule has 0 atom stereocenters. The molecule has 8 heteroatoms. The Morgan fingerprint density at radius 2 is 1.83 bits per heavy atom. The van der Waals surface area contributed by atoms with Crippen LogP contribution in [-0.4, -0.2) is 77.9 Å². The van der Waals surface area contributed by atoms with E-state index in [1.807, 2.05) is 0 Å². The fourth-order valence-corrected chi connectivity index (χ4v) is 2.52. The minimum atomic E-state index is -0.0180. The second-order valence-electron chi connectivity index (χ2n) is 6.32. The Bertz CT molecular complexity index is 388. The van der Waals surface area contributed by atoms with Gasteiger partial charge in [0.2, 0.25) is 5.91 Å². The highest BCUT2D eigenvalue weighted by molar-refractivity contribution is 14.0. The molecule has 1 amide bonds. The standard InChI is InChI=1S/C16H32N4O3.HI/c1-20(2)14(21)12-18-15(17-9-11-23-4)19-13-16(6-5-7-16)8-10-22-3;/h5-13H2,1-4H3,(H2,17,18,19);1H. The molecule has 0 heterocycles. The van der Waals surface area contributed by atoms with Gasteiger partial charge < -0.3 is 25.0 Å². The first kappa shape index (κ1) is 23.4. The van der Waals surface area contributed by atoms with Gasteiger partial charge in [-0.2, -0.15) is 0 Å². The molecule has 1 rings (SSSR count). The number of likely N-dealkylation sites (N-methyl/N-ethyl adjacent to an activating group) is 1. The van der Waals surface area contributed by atoms with Gasteiger partial charge in [0.15, 0.2) is 5.96 Å². The zero-order chi connectivity index (χ0) is 17.1. The summed E-state index contributed by atoms with van der Waals surface area (Å²) in [5, 5.41) is 6.59. The van der Waals surface area contributed by atoms with Crippen LogP contribution in [0.4, 0.5) is 0 Å². The summed E-state index contributed by atoms with van der Waals surface area (Å²) in [5.74, 6) is 0.650. The van der Waals surface area contributed by atoms with Gasteiger partial charge in [0.05, 0.1) is 6.61 Å². The first-order valence-corrected chi connectivity index (χ1v) is 8.23. The Morgan fingerprint density at radius 3 is 2.33 bits per heavy atom. The molecule has 0 unspecified atom stereocenters. The lowest BCUT2D eigenvalue weighted by molar-refractivity contribution is -0.127. The zero-order valence-corrected chi connectivity index (χ0v) is 17.7. The molecule has 0 radical (unpaired) electrons. The number of ether oxygens (including phenoxy) is 2. The van der Waals surface area contributed by atoms with E-state index in [2.05, 4.69) is 15.6 Å². The minimum Gasteiger partial charge on any atom is -0.385 e. The van der Waals surface area contributed by atoms with Crippen molar-refractivity contribution in [2.24, 2.45) is 10.4 Å². The molecule has 2 N–H and O–H groups in total. The zero-order valence-electron chi connectivity index (χ0n) is 15.4. The summed E-state index contributed by atoms with van der Waals surface area (Å²) in [5.41, 5.74) is 0.297. The lowest BCUT2D eigenvalue weighted by atomic mass is 9.67. The minimum absolute atomic E-state index is 0. The summed E-state index contributed by atoms with van der Waals surface area (Å²) in [6.45, 7) is 3.02. The van der Waals surface area contributed by atoms with Crippen molar-refractivity contribution in [3.63, 3.8) is 0 Å². The fraction of sp³-hybridized carbons (Fsp3) is 0.875. The number of hydrogen-bond acceptors (Lipinski definition) is 4. The van der Waals surface area contributed by atoms with Gasteiger partial charge in [-0.25, -0.2) is 4.99 Å². The predicted octanol–water partition coefficient (Wildman–Crippen LogP) is 1.08. The van der Waals surface area contributed by atoms with Crippen molar-refractivity contribution in [2.75, 3.05) is 61.2 Å². The average molecular weight is 456 g/mol. The Hall–Kier alpha value is -0.610. The molecule has 0 saturated heterocycles. The molecule has 1 aliphatic carbocycles. The van der Waals surface area contributed by atoms with E-state index in [9.17, 15) is 4.79 Å². The number of carbonyl (C=O) groups is 1. The van der Waals surface area contributed by atoms with E-state index in [-0.39, 0.29) is 36.4 Å². The highest BCUT2D eigenvalue weighted by Gasteiger charge is 2.36. The van der Waals surface area contributed by atoms with Gasteiger partial charge in [0.1, 0.15) is 6.54 Å². The quantitative estimate of drug-likeness (QED) is 0.223. The van der Waals surface area contributed by atoms with E-state index in [1.54, 1.807) is 33.2 Å². The molecular formula is C16H33IN4O3. The average Bonchev–Trinajstić information content (AvgIpc) is 2.50. The van der Waals surface area contributed by atoms with Crippen molar-refractivity contribution in [1.29, 1.82) is 0 Å². The van der Waals surface area contributed by atoms with Crippen molar-refractivity contribution >= 4 is 35.8 Å². The highest BCUT2D eigenvalue weighted by Crippen LogP contribution is 2.43. The summed E-state index contributed by atoms with van der Waals surface area (Å²) < 4.78 is 10.3. The molecule has 142 valence electrons. The van der Waals surface area contributed by atoms with E-state index >= 15 is 0 Å². The number of aliphatic imine (C=N–C) groups is 1. The molecule has 1 saturated carbocycles. The molecule has 0 aromatic heterocycles. The maximum Gasteiger partial charge on any atom is 0.243 e. The summed E-state index contributed by atoms with van der Waals surface area (Å²) in [4.78, 5) is 17.6. The monoisotopic (exact) mass is 456 g/mol. The third-order valence-electron chi connectivity index (χ3n) is 4.35. The summed E-state index contributed by atoms with van der Waals surface area (Å²) in [6.07, 6.45) is 4.75. The Kier molecular flexibility index (Phi) is 12.4. The molecule has 7 nitrogen and oxygen atoms in total. The number of guanidine groups is 1. The molecule has 1 fully saturated rings. The van der Waals surface area contributed by atoms with Crippen LogP contribution in [0.25, 0.3) is 0 Å². The van der Waals surface area contributed by atoms with E-state index in [4.69, 9.17) is 9.47 Å². The molecule has 0 bridgehead atoms. The normalized spacial score (nSPS) is 15.9. The number of methoxy groups -OCH3 is 2. The lowest BCUT2D eigenvalue weighted by Gasteiger charge is -2.42. The maximum atomic E-state index is 11.7. The van der Waals surface area contributed by atoms with Crippen molar-refractivity contribution in [3.05, 3.63) is 0 Å². The third kappa shape index (κ3) is 8.48. The van der Waals surface area contributed by atoms with Gasteiger partial charge in [-0.3, -0.25) is 4.79 Å². The van der Waals surface area contributed by atoms with E-state index < -0.39 is 0 Å². The number of nitrogens with zero attached hydrogens (tertiary/aromatic N) is 2. The Morgan fingerprint density at radius 1 is 1.17 bits per heavy atom. The molecule has 0 aliphatic heterocycles.